The zero-order valence-electron chi connectivity index (χ0n) is 11.4. The first-order chi connectivity index (χ1) is 7.49. The van der Waals surface area contributed by atoms with E-state index in [9.17, 15) is 0 Å². The van der Waals surface area contributed by atoms with Crippen LogP contribution in [0.15, 0.2) is 0 Å². The Morgan fingerprint density at radius 2 is 1.69 bits per heavy atom. The lowest BCUT2D eigenvalue weighted by Gasteiger charge is -2.45. The van der Waals surface area contributed by atoms with Crippen LogP contribution in [0.1, 0.15) is 72.1 Å². The van der Waals surface area contributed by atoms with Gasteiger partial charge in [0.1, 0.15) is 0 Å². The van der Waals surface area contributed by atoms with Gasteiger partial charge in [0.15, 0.2) is 0 Å². The first kappa shape index (κ1) is 12.4. The van der Waals surface area contributed by atoms with Gasteiger partial charge < -0.3 is 5.32 Å². The third-order valence-corrected chi connectivity index (χ3v) is 4.60. The van der Waals surface area contributed by atoms with Crippen LogP contribution in [0.5, 0.6) is 0 Å². The van der Waals surface area contributed by atoms with Gasteiger partial charge >= 0.3 is 0 Å². The van der Waals surface area contributed by atoms with Crippen molar-refractivity contribution < 1.29 is 0 Å². The molecule has 0 atom stereocenters. The Morgan fingerprint density at radius 3 is 2.12 bits per heavy atom. The van der Waals surface area contributed by atoms with Crippen LogP contribution >= 0.6 is 0 Å². The van der Waals surface area contributed by atoms with E-state index >= 15 is 0 Å². The minimum atomic E-state index is 0.290. The summed E-state index contributed by atoms with van der Waals surface area (Å²) in [4.78, 5) is 0. The lowest BCUT2D eigenvalue weighted by Crippen LogP contribution is -2.47. The molecule has 0 aromatic heterocycles. The third kappa shape index (κ3) is 3.23. The molecule has 0 aromatic rings. The summed E-state index contributed by atoms with van der Waals surface area (Å²) in [5.74, 6) is 1.06. The average Bonchev–Trinajstić information content (AvgIpc) is 2.60. The highest BCUT2D eigenvalue weighted by atomic mass is 15.0. The van der Waals surface area contributed by atoms with Crippen LogP contribution in [-0.4, -0.2) is 12.1 Å². The summed E-state index contributed by atoms with van der Waals surface area (Å²) in [6.45, 7) is 8.12. The predicted octanol–water partition coefficient (Wildman–Crippen LogP) is 4.13. The van der Waals surface area contributed by atoms with Gasteiger partial charge in [0.05, 0.1) is 0 Å². The fourth-order valence-electron chi connectivity index (χ4n) is 3.41. The minimum absolute atomic E-state index is 0.290. The van der Waals surface area contributed by atoms with Crippen LogP contribution in [0.3, 0.4) is 0 Å². The Balaban J connectivity index is 1.81. The SMILES string of the molecule is CC(C)(C)NCC1(CC2CCCC2)CCC1. The lowest BCUT2D eigenvalue weighted by molar-refractivity contribution is 0.0833. The van der Waals surface area contributed by atoms with Crippen LogP contribution in [0.25, 0.3) is 0 Å². The Kier molecular flexibility index (Phi) is 3.63. The second-order valence-corrected chi connectivity index (χ2v) is 7.31. The van der Waals surface area contributed by atoms with Crippen molar-refractivity contribution in [3.8, 4) is 0 Å². The van der Waals surface area contributed by atoms with Crippen molar-refractivity contribution in [1.82, 2.24) is 5.32 Å². The van der Waals surface area contributed by atoms with Crippen LogP contribution < -0.4 is 5.32 Å². The molecule has 0 bridgehead atoms. The molecule has 0 amide bonds. The fourth-order valence-corrected chi connectivity index (χ4v) is 3.41. The first-order valence-corrected chi connectivity index (χ1v) is 7.24. The van der Waals surface area contributed by atoms with Gasteiger partial charge in [-0.1, -0.05) is 32.1 Å². The van der Waals surface area contributed by atoms with Gasteiger partial charge in [-0.3, -0.25) is 0 Å². The summed E-state index contributed by atoms with van der Waals surface area (Å²) >= 11 is 0. The largest absolute Gasteiger partial charge is 0.312 e. The smallest absolute Gasteiger partial charge is 0.00967 e. The molecule has 0 radical (unpaired) electrons. The van der Waals surface area contributed by atoms with Crippen LogP contribution in [-0.2, 0) is 0 Å². The van der Waals surface area contributed by atoms with Gasteiger partial charge in [-0.05, 0) is 51.4 Å². The first-order valence-electron chi connectivity index (χ1n) is 7.24. The van der Waals surface area contributed by atoms with E-state index in [1.165, 1.54) is 57.9 Å². The van der Waals surface area contributed by atoms with Gasteiger partial charge in [0, 0.05) is 12.1 Å². The van der Waals surface area contributed by atoms with Crippen molar-refractivity contribution >= 4 is 0 Å². The van der Waals surface area contributed by atoms with Gasteiger partial charge in [0.25, 0.3) is 0 Å². The van der Waals surface area contributed by atoms with Crippen LogP contribution in [0, 0.1) is 11.3 Å². The van der Waals surface area contributed by atoms with Gasteiger partial charge in [-0.25, -0.2) is 0 Å². The minimum Gasteiger partial charge on any atom is -0.312 e. The topological polar surface area (TPSA) is 12.0 Å². The summed E-state index contributed by atoms with van der Waals surface area (Å²) in [5.41, 5.74) is 0.973. The molecule has 2 aliphatic carbocycles. The highest BCUT2D eigenvalue weighted by Gasteiger charge is 2.39. The van der Waals surface area contributed by atoms with E-state index in [1.54, 1.807) is 0 Å². The molecule has 0 unspecified atom stereocenters. The number of nitrogens with one attached hydrogen (secondary N) is 1. The fraction of sp³-hybridized carbons (Fsp3) is 1.00. The van der Waals surface area contributed by atoms with E-state index in [0.29, 0.717) is 5.41 Å². The Morgan fingerprint density at radius 1 is 1.06 bits per heavy atom. The highest BCUT2D eigenvalue weighted by molar-refractivity contribution is 4.93. The Bertz CT molecular complexity index is 216. The van der Waals surface area contributed by atoms with Crippen LogP contribution in [0.4, 0.5) is 0 Å². The molecule has 94 valence electrons. The van der Waals surface area contributed by atoms with Gasteiger partial charge in [-0.2, -0.15) is 0 Å². The molecule has 0 saturated heterocycles. The molecule has 2 rings (SSSR count). The summed E-state index contributed by atoms with van der Waals surface area (Å²) in [6, 6.07) is 0. The summed E-state index contributed by atoms with van der Waals surface area (Å²) < 4.78 is 0. The maximum Gasteiger partial charge on any atom is 0.00967 e. The molecule has 2 saturated carbocycles. The van der Waals surface area contributed by atoms with E-state index in [4.69, 9.17) is 0 Å². The van der Waals surface area contributed by atoms with Crippen molar-refractivity contribution in [2.45, 2.75) is 77.7 Å². The average molecular weight is 223 g/mol. The van der Waals surface area contributed by atoms with Crippen molar-refractivity contribution in [2.24, 2.45) is 11.3 Å². The van der Waals surface area contributed by atoms with E-state index in [-0.39, 0.29) is 5.54 Å². The zero-order chi connectivity index (χ0) is 11.6. The summed E-state index contributed by atoms with van der Waals surface area (Å²) in [6.07, 6.45) is 11.9. The molecule has 0 aromatic carbocycles. The molecular formula is C15H29N. The molecule has 2 aliphatic rings. The summed E-state index contributed by atoms with van der Waals surface area (Å²) in [5, 5.41) is 3.74. The molecule has 1 N–H and O–H groups in total. The highest BCUT2D eigenvalue weighted by Crippen LogP contribution is 2.48. The molecule has 16 heavy (non-hydrogen) atoms. The summed E-state index contributed by atoms with van der Waals surface area (Å²) in [7, 11) is 0. The molecule has 0 aliphatic heterocycles. The Labute approximate surface area is 101 Å². The van der Waals surface area contributed by atoms with Crippen molar-refractivity contribution in [3.63, 3.8) is 0 Å². The van der Waals surface area contributed by atoms with Crippen molar-refractivity contribution in [2.75, 3.05) is 6.54 Å². The van der Waals surface area contributed by atoms with E-state index in [0.717, 1.165) is 5.92 Å². The van der Waals surface area contributed by atoms with Crippen molar-refractivity contribution in [3.05, 3.63) is 0 Å². The molecule has 1 heteroatoms. The monoisotopic (exact) mass is 223 g/mol. The van der Waals surface area contributed by atoms with E-state index < -0.39 is 0 Å². The molecule has 1 nitrogen and oxygen atoms in total. The number of rotatable bonds is 4. The second kappa shape index (κ2) is 4.68. The van der Waals surface area contributed by atoms with Gasteiger partial charge in [0.2, 0.25) is 0 Å². The maximum atomic E-state index is 3.74. The number of hydrogen-bond acceptors (Lipinski definition) is 1. The molecule has 0 spiro atoms. The zero-order valence-corrected chi connectivity index (χ0v) is 11.4. The lowest BCUT2D eigenvalue weighted by atomic mass is 9.63. The van der Waals surface area contributed by atoms with Gasteiger partial charge in [-0.15, -0.1) is 0 Å². The number of hydrogen-bond donors (Lipinski definition) is 1. The third-order valence-electron chi connectivity index (χ3n) is 4.60. The quantitative estimate of drug-likeness (QED) is 0.756. The van der Waals surface area contributed by atoms with Crippen LogP contribution in [0.2, 0.25) is 0 Å². The standard InChI is InChI=1S/C15H29N/c1-14(2,3)16-12-15(9-6-10-15)11-13-7-4-5-8-13/h13,16H,4-12H2,1-3H3. The molecule has 2 fully saturated rings. The van der Waals surface area contributed by atoms with E-state index in [2.05, 4.69) is 26.1 Å². The molecular weight excluding hydrogens is 194 g/mol. The normalized spacial score (nSPS) is 25.7. The molecule has 0 heterocycles. The second-order valence-electron chi connectivity index (χ2n) is 7.31. The van der Waals surface area contributed by atoms with Crippen molar-refractivity contribution in [1.29, 1.82) is 0 Å². The maximum absolute atomic E-state index is 3.74. The van der Waals surface area contributed by atoms with E-state index in [1.807, 2.05) is 0 Å². The Hall–Kier alpha value is -0.0400. The predicted molar refractivity (Wildman–Crippen MR) is 70.6 cm³/mol.